The number of ether oxygens (including phenoxy) is 2. The first-order valence-electron chi connectivity index (χ1n) is 23.2. The molecule has 330 valence electrons. The fourth-order valence-electron chi connectivity index (χ4n) is 11.1. The van der Waals surface area contributed by atoms with Gasteiger partial charge < -0.3 is 19.3 Å². The standard InChI is InChI=1S/C60H48B2Br2N2O2/c1-37-30-39(3)59(40(4)31-37)61-47-18-7-11-22-53(47)65(55-35-45(26-28-49(55)61)67-57-24-13-9-20-51(57)63)43-16-15-17-44(34-43)66-54-23-12-8-19-48(54)62(60-41(5)32-38(2)33-42(60)6)50-29-27-46(36-56(50)66)68-58-25-14-10-21-52(58)64/h7-36H,1-6H3. The highest BCUT2D eigenvalue weighted by Crippen LogP contribution is 2.44. The Hall–Kier alpha value is -6.73. The molecule has 2 heterocycles. The maximum atomic E-state index is 6.68. The molecule has 0 saturated carbocycles. The Bertz CT molecular complexity index is 3190. The van der Waals surface area contributed by atoms with E-state index in [9.17, 15) is 0 Å². The van der Waals surface area contributed by atoms with Crippen LogP contribution in [-0.4, -0.2) is 13.4 Å². The molecular weight excluding hydrogens is 962 g/mol. The van der Waals surface area contributed by atoms with Crippen molar-refractivity contribution in [2.24, 2.45) is 0 Å². The summed E-state index contributed by atoms with van der Waals surface area (Å²) in [6.45, 7) is 13.4. The Morgan fingerprint density at radius 2 is 0.721 bits per heavy atom. The first kappa shape index (κ1) is 43.8. The third kappa shape index (κ3) is 7.74. The van der Waals surface area contributed by atoms with Gasteiger partial charge in [0, 0.05) is 46.3 Å². The predicted octanol–water partition coefficient (Wildman–Crippen LogP) is 13.2. The smallest absolute Gasteiger partial charge is 0.247 e. The summed E-state index contributed by atoms with van der Waals surface area (Å²) in [6, 6.07) is 65.4. The normalized spacial score (nSPS) is 12.6. The minimum absolute atomic E-state index is 0.00767. The fraction of sp³-hybridized carbons (Fsp3) is 0.100. The van der Waals surface area contributed by atoms with Crippen LogP contribution in [0.3, 0.4) is 0 Å². The van der Waals surface area contributed by atoms with Crippen LogP contribution < -0.4 is 52.1 Å². The van der Waals surface area contributed by atoms with Crippen molar-refractivity contribution >= 4 is 112 Å². The first-order chi connectivity index (χ1) is 33.0. The van der Waals surface area contributed by atoms with Crippen molar-refractivity contribution < 1.29 is 9.47 Å². The van der Waals surface area contributed by atoms with E-state index in [1.165, 1.54) is 66.2 Å². The topological polar surface area (TPSA) is 24.9 Å². The maximum Gasteiger partial charge on any atom is 0.247 e. The van der Waals surface area contributed by atoms with Gasteiger partial charge in [0.15, 0.2) is 0 Å². The van der Waals surface area contributed by atoms with E-state index in [4.69, 9.17) is 9.47 Å². The summed E-state index contributed by atoms with van der Waals surface area (Å²) in [5, 5.41) is 0. The van der Waals surface area contributed by atoms with E-state index in [0.29, 0.717) is 0 Å². The molecule has 0 fully saturated rings. The summed E-state index contributed by atoms with van der Waals surface area (Å²) in [4.78, 5) is 4.86. The van der Waals surface area contributed by atoms with Crippen LogP contribution in [0, 0.1) is 41.5 Å². The van der Waals surface area contributed by atoms with Crippen molar-refractivity contribution in [3.05, 3.63) is 224 Å². The number of nitrogens with zero attached hydrogens (tertiary/aromatic N) is 2. The van der Waals surface area contributed by atoms with E-state index >= 15 is 0 Å². The molecular formula is C60H48B2Br2N2O2. The Morgan fingerprint density at radius 3 is 1.13 bits per heavy atom. The van der Waals surface area contributed by atoms with Crippen LogP contribution in [0.1, 0.15) is 33.4 Å². The summed E-state index contributed by atoms with van der Waals surface area (Å²) in [6.07, 6.45) is 0. The van der Waals surface area contributed by atoms with Crippen molar-refractivity contribution in [2.45, 2.75) is 41.5 Å². The van der Waals surface area contributed by atoms with E-state index in [1.807, 2.05) is 48.5 Å². The molecule has 0 radical (unpaired) electrons. The molecule has 0 unspecified atom stereocenters. The maximum absolute atomic E-state index is 6.68. The zero-order chi connectivity index (χ0) is 46.8. The van der Waals surface area contributed by atoms with Crippen LogP contribution in [0.2, 0.25) is 0 Å². The van der Waals surface area contributed by atoms with Crippen molar-refractivity contribution in [3.8, 4) is 23.0 Å². The molecule has 8 heteroatoms. The predicted molar refractivity (Wildman–Crippen MR) is 295 cm³/mol. The second-order valence-electron chi connectivity index (χ2n) is 18.3. The molecule has 4 nitrogen and oxygen atoms in total. The first-order valence-corrected chi connectivity index (χ1v) is 24.8. The number of benzene rings is 9. The number of halogens is 2. The molecule has 0 aromatic heterocycles. The molecule has 9 aromatic carbocycles. The van der Waals surface area contributed by atoms with E-state index in [-0.39, 0.29) is 13.4 Å². The minimum atomic E-state index is 0.00767. The molecule has 11 rings (SSSR count). The number of hydrogen-bond donors (Lipinski definition) is 0. The number of fused-ring (bicyclic) bond motifs is 4. The van der Waals surface area contributed by atoms with Gasteiger partial charge in [0.05, 0.1) is 8.95 Å². The molecule has 0 saturated heterocycles. The van der Waals surface area contributed by atoms with E-state index in [2.05, 4.69) is 217 Å². The molecule has 2 aliphatic rings. The quantitative estimate of drug-likeness (QED) is 0.142. The lowest BCUT2D eigenvalue weighted by Gasteiger charge is -2.40. The van der Waals surface area contributed by atoms with E-state index < -0.39 is 0 Å². The summed E-state index contributed by atoms with van der Waals surface area (Å²) < 4.78 is 15.2. The van der Waals surface area contributed by atoms with Gasteiger partial charge in [-0.25, -0.2) is 0 Å². The van der Waals surface area contributed by atoms with Crippen LogP contribution in [0.15, 0.2) is 191 Å². The lowest BCUT2D eigenvalue weighted by atomic mass is 9.34. The van der Waals surface area contributed by atoms with E-state index in [0.717, 1.165) is 66.1 Å². The molecule has 0 atom stereocenters. The highest BCUT2D eigenvalue weighted by Gasteiger charge is 2.39. The van der Waals surface area contributed by atoms with Crippen LogP contribution in [-0.2, 0) is 0 Å². The third-order valence-corrected chi connectivity index (χ3v) is 14.9. The average Bonchev–Trinajstić information content (AvgIpc) is 3.32. The van der Waals surface area contributed by atoms with Crippen LogP contribution in [0.5, 0.6) is 23.0 Å². The molecule has 0 spiro atoms. The van der Waals surface area contributed by atoms with Gasteiger partial charge in [0.2, 0.25) is 13.4 Å². The minimum Gasteiger partial charge on any atom is -0.456 e. The lowest BCUT2D eigenvalue weighted by molar-refractivity contribution is 0.479. The third-order valence-electron chi connectivity index (χ3n) is 13.6. The molecule has 9 aromatic rings. The van der Waals surface area contributed by atoms with Crippen molar-refractivity contribution in [2.75, 3.05) is 9.80 Å². The molecule has 2 aliphatic heterocycles. The van der Waals surface area contributed by atoms with Gasteiger partial charge in [-0.05, 0) is 162 Å². The number of para-hydroxylation sites is 4. The number of rotatable bonds is 8. The number of aryl methyl sites for hydroxylation is 6. The Balaban J connectivity index is 1.12. The molecule has 0 aliphatic carbocycles. The Kier molecular flexibility index (Phi) is 11.4. The summed E-state index contributed by atoms with van der Waals surface area (Å²) in [5.74, 6) is 3.05. The SMILES string of the molecule is Cc1cc(C)c(B2c3ccccc3N(c3cccc(N4c5ccccc5B(c5c(C)cc(C)cc5C)c5ccc(Oc6ccccc6Br)cc54)c3)c3cc(Oc4ccccc4Br)ccc32)c(C)c1. The monoisotopic (exact) mass is 1010 g/mol. The van der Waals surface area contributed by atoms with Gasteiger partial charge >= 0.3 is 0 Å². The average molecular weight is 1010 g/mol. The highest BCUT2D eigenvalue weighted by molar-refractivity contribution is 9.11. The molecule has 0 amide bonds. The largest absolute Gasteiger partial charge is 0.456 e. The number of hydrogen-bond acceptors (Lipinski definition) is 4. The van der Waals surface area contributed by atoms with Gasteiger partial charge in [-0.2, -0.15) is 0 Å². The fourth-order valence-corrected chi connectivity index (χ4v) is 11.8. The zero-order valence-corrected chi connectivity index (χ0v) is 42.1. The Morgan fingerprint density at radius 1 is 0.353 bits per heavy atom. The van der Waals surface area contributed by atoms with Crippen molar-refractivity contribution in [1.29, 1.82) is 0 Å². The molecule has 0 N–H and O–H groups in total. The van der Waals surface area contributed by atoms with Crippen LogP contribution in [0.25, 0.3) is 0 Å². The highest BCUT2D eigenvalue weighted by atomic mass is 79.9. The van der Waals surface area contributed by atoms with Gasteiger partial charge in [-0.15, -0.1) is 0 Å². The van der Waals surface area contributed by atoms with Gasteiger partial charge in [-0.1, -0.05) is 147 Å². The van der Waals surface area contributed by atoms with Crippen LogP contribution >= 0.6 is 31.9 Å². The van der Waals surface area contributed by atoms with E-state index in [1.54, 1.807) is 0 Å². The Labute approximate surface area is 417 Å². The second kappa shape index (κ2) is 17.7. The van der Waals surface area contributed by atoms with Crippen molar-refractivity contribution in [3.63, 3.8) is 0 Å². The lowest BCUT2D eigenvalue weighted by Crippen LogP contribution is -2.58. The summed E-state index contributed by atoms with van der Waals surface area (Å²) in [7, 11) is 0. The zero-order valence-electron chi connectivity index (χ0n) is 38.9. The van der Waals surface area contributed by atoms with Gasteiger partial charge in [-0.3, -0.25) is 0 Å². The molecule has 68 heavy (non-hydrogen) atoms. The summed E-state index contributed by atoms with van der Waals surface area (Å²) in [5.41, 5.74) is 21.8. The summed E-state index contributed by atoms with van der Waals surface area (Å²) >= 11 is 7.46. The van der Waals surface area contributed by atoms with Crippen molar-refractivity contribution in [1.82, 2.24) is 0 Å². The van der Waals surface area contributed by atoms with Gasteiger partial charge in [0.25, 0.3) is 0 Å². The van der Waals surface area contributed by atoms with Gasteiger partial charge in [0.1, 0.15) is 23.0 Å². The molecule has 0 bridgehead atoms. The van der Waals surface area contributed by atoms with Crippen LogP contribution in [0.4, 0.5) is 34.1 Å². The second-order valence-corrected chi connectivity index (χ2v) is 20.0. The number of anilines is 6.